The molecule has 0 saturated heterocycles. The van der Waals surface area contributed by atoms with Gasteiger partial charge in [0, 0.05) is 11.6 Å². The summed E-state index contributed by atoms with van der Waals surface area (Å²) in [4.78, 5) is 9.85. The summed E-state index contributed by atoms with van der Waals surface area (Å²) < 4.78 is 19.2. The first-order valence-corrected chi connectivity index (χ1v) is 6.15. The SMILES string of the molecule is N#Cc1c(Cl)cccc1OCc1cccc([N+](=O)[O-])c1F. The number of rotatable bonds is 4. The van der Waals surface area contributed by atoms with Crippen LogP contribution in [0.2, 0.25) is 5.02 Å². The molecular weight excluding hydrogens is 299 g/mol. The molecule has 0 aliphatic rings. The highest BCUT2D eigenvalue weighted by molar-refractivity contribution is 6.31. The largest absolute Gasteiger partial charge is 0.487 e. The molecule has 5 nitrogen and oxygen atoms in total. The summed E-state index contributed by atoms with van der Waals surface area (Å²) in [6, 6.07) is 10.3. The number of benzene rings is 2. The summed E-state index contributed by atoms with van der Waals surface area (Å²) in [6.45, 7) is -0.247. The number of nitrogens with zero attached hydrogens (tertiary/aromatic N) is 2. The molecule has 0 saturated carbocycles. The van der Waals surface area contributed by atoms with Gasteiger partial charge >= 0.3 is 5.69 Å². The van der Waals surface area contributed by atoms with Crippen molar-refractivity contribution in [2.45, 2.75) is 6.61 Å². The third-order valence-corrected chi connectivity index (χ3v) is 3.04. The van der Waals surface area contributed by atoms with Gasteiger partial charge in [-0.05, 0) is 12.1 Å². The lowest BCUT2D eigenvalue weighted by Gasteiger charge is -2.09. The molecule has 0 bridgehead atoms. The van der Waals surface area contributed by atoms with E-state index in [0.717, 1.165) is 6.07 Å². The third-order valence-electron chi connectivity index (χ3n) is 2.73. The van der Waals surface area contributed by atoms with E-state index >= 15 is 0 Å². The van der Waals surface area contributed by atoms with Gasteiger partial charge in [-0.3, -0.25) is 10.1 Å². The minimum Gasteiger partial charge on any atom is -0.487 e. The van der Waals surface area contributed by atoms with Gasteiger partial charge in [0.05, 0.1) is 9.95 Å². The Bertz CT molecular complexity index is 743. The fourth-order valence-electron chi connectivity index (χ4n) is 1.71. The molecule has 7 heteroatoms. The predicted molar refractivity (Wildman–Crippen MR) is 73.6 cm³/mol. The highest BCUT2D eigenvalue weighted by Crippen LogP contribution is 2.27. The molecule has 0 atom stereocenters. The van der Waals surface area contributed by atoms with Crippen LogP contribution in [0.3, 0.4) is 0 Å². The Labute approximate surface area is 124 Å². The maximum atomic E-state index is 13.9. The van der Waals surface area contributed by atoms with Crippen molar-refractivity contribution in [3.63, 3.8) is 0 Å². The standard InChI is InChI=1S/C14H8ClFN2O3/c15-11-4-2-6-13(10(11)7-17)21-8-9-3-1-5-12(14(9)16)18(19)20/h1-6H,8H2. The summed E-state index contributed by atoms with van der Waals surface area (Å²) in [5.41, 5.74) is -0.472. The van der Waals surface area contributed by atoms with E-state index in [-0.39, 0.29) is 28.5 Å². The molecule has 2 aromatic rings. The van der Waals surface area contributed by atoms with E-state index < -0.39 is 16.4 Å². The van der Waals surface area contributed by atoms with Crippen LogP contribution in [0.15, 0.2) is 36.4 Å². The summed E-state index contributed by atoms with van der Waals surface area (Å²) >= 11 is 5.84. The normalized spacial score (nSPS) is 9.95. The van der Waals surface area contributed by atoms with E-state index in [1.807, 2.05) is 6.07 Å². The van der Waals surface area contributed by atoms with Crippen LogP contribution in [-0.2, 0) is 6.61 Å². The molecule has 0 aliphatic carbocycles. The zero-order valence-electron chi connectivity index (χ0n) is 10.5. The van der Waals surface area contributed by atoms with E-state index in [4.69, 9.17) is 21.6 Å². The average Bonchev–Trinajstić information content (AvgIpc) is 2.46. The van der Waals surface area contributed by atoms with Gasteiger partial charge in [0.2, 0.25) is 5.82 Å². The Kier molecular flexibility index (Phi) is 4.36. The quantitative estimate of drug-likeness (QED) is 0.635. The number of nitro groups is 1. The van der Waals surface area contributed by atoms with Crippen LogP contribution < -0.4 is 4.74 Å². The van der Waals surface area contributed by atoms with Gasteiger partial charge in [0.15, 0.2) is 0 Å². The van der Waals surface area contributed by atoms with Crippen molar-refractivity contribution < 1.29 is 14.1 Å². The fraction of sp³-hybridized carbons (Fsp3) is 0.0714. The van der Waals surface area contributed by atoms with Crippen molar-refractivity contribution in [2.24, 2.45) is 0 Å². The maximum Gasteiger partial charge on any atom is 0.305 e. The monoisotopic (exact) mass is 306 g/mol. The first-order chi connectivity index (χ1) is 10.0. The molecule has 0 radical (unpaired) electrons. The van der Waals surface area contributed by atoms with Crippen LogP contribution in [0.25, 0.3) is 0 Å². The van der Waals surface area contributed by atoms with E-state index in [1.54, 1.807) is 6.07 Å². The van der Waals surface area contributed by atoms with Gasteiger partial charge in [-0.2, -0.15) is 9.65 Å². The topological polar surface area (TPSA) is 76.2 Å². The van der Waals surface area contributed by atoms with Gasteiger partial charge in [-0.1, -0.05) is 29.8 Å². The molecular formula is C14H8ClFN2O3. The summed E-state index contributed by atoms with van der Waals surface area (Å²) in [6.07, 6.45) is 0. The number of hydrogen-bond donors (Lipinski definition) is 0. The summed E-state index contributed by atoms with van der Waals surface area (Å²) in [5, 5.41) is 19.9. The van der Waals surface area contributed by atoms with Crippen molar-refractivity contribution in [1.29, 1.82) is 5.26 Å². The van der Waals surface area contributed by atoms with Crippen molar-refractivity contribution in [3.8, 4) is 11.8 Å². The Morgan fingerprint density at radius 1 is 1.33 bits per heavy atom. The lowest BCUT2D eigenvalue weighted by atomic mass is 10.2. The molecule has 0 heterocycles. The second-order valence-electron chi connectivity index (χ2n) is 4.02. The Hall–Kier alpha value is -2.65. The van der Waals surface area contributed by atoms with Gasteiger partial charge in [0.25, 0.3) is 0 Å². The molecule has 0 amide bonds. The molecule has 2 rings (SSSR count). The average molecular weight is 307 g/mol. The molecule has 106 valence electrons. The van der Waals surface area contributed by atoms with Gasteiger partial charge < -0.3 is 4.74 Å². The van der Waals surface area contributed by atoms with E-state index in [0.29, 0.717) is 0 Å². The van der Waals surface area contributed by atoms with Crippen LogP contribution in [0, 0.1) is 27.3 Å². The molecule has 2 aromatic carbocycles. The first-order valence-electron chi connectivity index (χ1n) is 5.77. The predicted octanol–water partition coefficient (Wildman–Crippen LogP) is 3.84. The second-order valence-corrected chi connectivity index (χ2v) is 4.43. The van der Waals surface area contributed by atoms with Crippen LogP contribution in [0.5, 0.6) is 5.75 Å². The van der Waals surface area contributed by atoms with Crippen LogP contribution in [0.1, 0.15) is 11.1 Å². The molecule has 0 spiro atoms. The fourth-order valence-corrected chi connectivity index (χ4v) is 1.92. The van der Waals surface area contributed by atoms with Gasteiger partial charge in [-0.15, -0.1) is 0 Å². The number of hydrogen-bond acceptors (Lipinski definition) is 4. The van der Waals surface area contributed by atoms with Gasteiger partial charge in [0.1, 0.15) is 24.0 Å². The van der Waals surface area contributed by atoms with E-state index in [1.165, 1.54) is 24.3 Å². The Morgan fingerprint density at radius 2 is 2.05 bits per heavy atom. The molecule has 21 heavy (non-hydrogen) atoms. The molecule has 0 N–H and O–H groups in total. The van der Waals surface area contributed by atoms with Crippen molar-refractivity contribution >= 4 is 17.3 Å². The van der Waals surface area contributed by atoms with E-state index in [9.17, 15) is 14.5 Å². The zero-order chi connectivity index (χ0) is 15.4. The van der Waals surface area contributed by atoms with Crippen LogP contribution >= 0.6 is 11.6 Å². The molecule has 0 aliphatic heterocycles. The molecule has 0 unspecified atom stereocenters. The van der Waals surface area contributed by atoms with Crippen molar-refractivity contribution in [3.05, 3.63) is 68.5 Å². The summed E-state index contributed by atoms with van der Waals surface area (Å²) in [7, 11) is 0. The third kappa shape index (κ3) is 3.09. The first kappa shape index (κ1) is 14.8. The summed E-state index contributed by atoms with van der Waals surface area (Å²) in [5.74, 6) is -0.765. The smallest absolute Gasteiger partial charge is 0.305 e. The Morgan fingerprint density at radius 3 is 2.71 bits per heavy atom. The number of nitro benzene ring substituents is 1. The van der Waals surface area contributed by atoms with E-state index in [2.05, 4.69) is 0 Å². The van der Waals surface area contributed by atoms with Crippen LogP contribution in [-0.4, -0.2) is 4.92 Å². The second kappa shape index (κ2) is 6.20. The van der Waals surface area contributed by atoms with Crippen molar-refractivity contribution in [1.82, 2.24) is 0 Å². The van der Waals surface area contributed by atoms with Gasteiger partial charge in [-0.25, -0.2) is 0 Å². The Balaban J connectivity index is 2.26. The zero-order valence-corrected chi connectivity index (χ0v) is 11.3. The van der Waals surface area contributed by atoms with Crippen molar-refractivity contribution in [2.75, 3.05) is 0 Å². The molecule has 0 aromatic heterocycles. The maximum absolute atomic E-state index is 13.9. The number of halogens is 2. The number of ether oxygens (including phenoxy) is 1. The molecule has 0 fully saturated rings. The highest BCUT2D eigenvalue weighted by atomic mass is 35.5. The minimum atomic E-state index is -0.956. The number of nitriles is 1. The lowest BCUT2D eigenvalue weighted by molar-refractivity contribution is -0.387. The highest BCUT2D eigenvalue weighted by Gasteiger charge is 2.18. The lowest BCUT2D eigenvalue weighted by Crippen LogP contribution is -2.02. The minimum absolute atomic E-state index is 0.0214. The van der Waals surface area contributed by atoms with Crippen LogP contribution in [0.4, 0.5) is 10.1 Å².